The van der Waals surface area contributed by atoms with Crippen molar-refractivity contribution in [1.29, 1.82) is 0 Å². The molecule has 0 aliphatic carbocycles. The quantitative estimate of drug-likeness (QED) is 0.799. The van der Waals surface area contributed by atoms with Gasteiger partial charge in [-0.15, -0.1) is 0 Å². The smallest absolute Gasteiger partial charge is 0.231 e. The van der Waals surface area contributed by atoms with Gasteiger partial charge in [-0.1, -0.05) is 55.8 Å². The van der Waals surface area contributed by atoms with E-state index in [0.717, 1.165) is 17.7 Å². The molecule has 0 heterocycles. The predicted octanol–water partition coefficient (Wildman–Crippen LogP) is 5.28. The molecule has 22 heavy (non-hydrogen) atoms. The van der Waals surface area contributed by atoms with E-state index in [1.54, 1.807) is 12.1 Å². The van der Waals surface area contributed by atoms with Crippen molar-refractivity contribution >= 4 is 23.2 Å². The Morgan fingerprint density at radius 3 is 2.36 bits per heavy atom. The van der Waals surface area contributed by atoms with Gasteiger partial charge in [0.1, 0.15) is 0 Å². The summed E-state index contributed by atoms with van der Waals surface area (Å²) in [6.45, 7) is 6.32. The Bertz CT molecular complexity index is 634. The molecule has 1 N–H and O–H groups in total. The fourth-order valence-electron chi connectivity index (χ4n) is 2.38. The second-order valence-electron chi connectivity index (χ2n) is 6.06. The molecule has 0 bridgehead atoms. The van der Waals surface area contributed by atoms with Gasteiger partial charge >= 0.3 is 0 Å². The van der Waals surface area contributed by atoms with Crippen LogP contribution in [0.2, 0.25) is 5.02 Å². The van der Waals surface area contributed by atoms with Crippen LogP contribution in [0.1, 0.15) is 37.8 Å². The molecule has 1 amide bonds. The van der Waals surface area contributed by atoms with Crippen molar-refractivity contribution in [2.45, 2.75) is 33.1 Å². The lowest BCUT2D eigenvalue weighted by molar-refractivity contribution is -0.117. The van der Waals surface area contributed by atoms with Crippen molar-refractivity contribution < 1.29 is 4.79 Å². The van der Waals surface area contributed by atoms with Gasteiger partial charge < -0.3 is 5.32 Å². The molecule has 2 aromatic carbocycles. The highest BCUT2D eigenvalue weighted by atomic mass is 35.5. The van der Waals surface area contributed by atoms with Crippen molar-refractivity contribution in [3.63, 3.8) is 0 Å². The van der Waals surface area contributed by atoms with Crippen molar-refractivity contribution in [1.82, 2.24) is 0 Å². The third kappa shape index (κ3) is 4.60. The van der Waals surface area contributed by atoms with Crippen LogP contribution in [0.4, 0.5) is 5.69 Å². The summed E-state index contributed by atoms with van der Waals surface area (Å²) >= 11 is 5.93. The molecule has 0 radical (unpaired) electrons. The molecule has 0 saturated heterocycles. The highest BCUT2D eigenvalue weighted by Gasteiger charge is 2.15. The van der Waals surface area contributed by atoms with Crippen molar-refractivity contribution in [3.05, 3.63) is 64.7 Å². The molecule has 3 heteroatoms. The maximum Gasteiger partial charge on any atom is 0.231 e. The molecule has 0 aliphatic heterocycles. The minimum Gasteiger partial charge on any atom is -0.326 e. The Morgan fingerprint density at radius 1 is 1.09 bits per heavy atom. The summed E-state index contributed by atoms with van der Waals surface area (Å²) in [5, 5.41) is 3.52. The summed E-state index contributed by atoms with van der Waals surface area (Å²) in [4.78, 5) is 12.3. The molecule has 0 aliphatic rings. The first-order chi connectivity index (χ1) is 10.5. The van der Waals surface area contributed by atoms with Crippen LogP contribution in [0.3, 0.4) is 0 Å². The number of hydrogen-bond donors (Lipinski definition) is 1. The first-order valence-electron chi connectivity index (χ1n) is 7.61. The van der Waals surface area contributed by atoms with E-state index in [0.29, 0.717) is 10.9 Å². The Hall–Kier alpha value is -1.80. The molecule has 0 spiro atoms. The Morgan fingerprint density at radius 2 is 1.77 bits per heavy atom. The molecule has 116 valence electrons. The number of rotatable bonds is 5. The molecule has 0 aromatic heterocycles. The number of nitrogens with one attached hydrogen (secondary N) is 1. The number of hydrogen-bond acceptors (Lipinski definition) is 1. The van der Waals surface area contributed by atoms with Gasteiger partial charge in [0, 0.05) is 10.7 Å². The van der Waals surface area contributed by atoms with Gasteiger partial charge in [-0.2, -0.15) is 0 Å². The van der Waals surface area contributed by atoms with Crippen LogP contribution in [0.15, 0.2) is 48.5 Å². The lowest BCUT2D eigenvalue weighted by Crippen LogP contribution is -2.18. The van der Waals surface area contributed by atoms with E-state index in [1.807, 2.05) is 31.2 Å². The average Bonchev–Trinajstić information content (AvgIpc) is 2.46. The van der Waals surface area contributed by atoms with Crippen LogP contribution in [-0.2, 0) is 11.2 Å². The number of anilines is 1. The number of halogens is 1. The number of carbonyl (C=O) groups is 1. The van der Waals surface area contributed by atoms with Gasteiger partial charge in [-0.3, -0.25) is 4.79 Å². The number of benzene rings is 2. The monoisotopic (exact) mass is 315 g/mol. The highest BCUT2D eigenvalue weighted by molar-refractivity contribution is 6.30. The number of amides is 1. The Kier molecular flexibility index (Phi) is 5.62. The van der Waals surface area contributed by atoms with Crippen LogP contribution in [0.25, 0.3) is 0 Å². The van der Waals surface area contributed by atoms with E-state index < -0.39 is 0 Å². The van der Waals surface area contributed by atoms with E-state index in [9.17, 15) is 4.79 Å². The minimum atomic E-state index is -0.202. The largest absolute Gasteiger partial charge is 0.326 e. The molecule has 0 saturated carbocycles. The van der Waals surface area contributed by atoms with Gasteiger partial charge in [0.05, 0.1) is 5.92 Å². The van der Waals surface area contributed by atoms with E-state index in [2.05, 4.69) is 31.3 Å². The SMILES string of the molecule is CC(C)Cc1ccc([C@H](C)C(=O)Nc2cccc(Cl)c2)cc1. The van der Waals surface area contributed by atoms with Crippen LogP contribution >= 0.6 is 11.6 Å². The Balaban J connectivity index is 2.03. The summed E-state index contributed by atoms with van der Waals surface area (Å²) in [5.41, 5.74) is 3.05. The number of carbonyl (C=O) groups excluding carboxylic acids is 1. The normalized spacial score (nSPS) is 12.2. The molecule has 1 atom stereocenters. The fraction of sp³-hybridized carbons (Fsp3) is 0.316. The first-order valence-corrected chi connectivity index (χ1v) is 7.99. The second kappa shape index (κ2) is 7.46. The lowest BCUT2D eigenvalue weighted by atomic mass is 9.96. The molecular formula is C19H22ClNO. The maximum atomic E-state index is 12.3. The fourth-order valence-corrected chi connectivity index (χ4v) is 2.57. The van der Waals surface area contributed by atoms with Gasteiger partial charge in [-0.05, 0) is 48.6 Å². The lowest BCUT2D eigenvalue weighted by Gasteiger charge is -2.14. The third-order valence-electron chi connectivity index (χ3n) is 3.61. The summed E-state index contributed by atoms with van der Waals surface area (Å²) in [6.07, 6.45) is 1.06. The second-order valence-corrected chi connectivity index (χ2v) is 6.50. The summed E-state index contributed by atoms with van der Waals surface area (Å²) in [6, 6.07) is 15.5. The van der Waals surface area contributed by atoms with Crippen molar-refractivity contribution in [3.8, 4) is 0 Å². The molecule has 2 aromatic rings. The standard InChI is InChI=1S/C19H22ClNO/c1-13(2)11-15-7-9-16(10-8-15)14(3)19(22)21-18-6-4-5-17(20)12-18/h4-10,12-14H,11H2,1-3H3,(H,21,22)/t14-/m0/s1. The summed E-state index contributed by atoms with van der Waals surface area (Å²) in [5.74, 6) is 0.403. The van der Waals surface area contributed by atoms with Crippen LogP contribution in [-0.4, -0.2) is 5.91 Å². The highest BCUT2D eigenvalue weighted by Crippen LogP contribution is 2.21. The molecule has 0 fully saturated rings. The van der Waals surface area contributed by atoms with Gasteiger partial charge in [0.25, 0.3) is 0 Å². The predicted molar refractivity (Wildman–Crippen MR) is 93.5 cm³/mol. The molecule has 2 rings (SSSR count). The van der Waals surface area contributed by atoms with Crippen LogP contribution in [0, 0.1) is 5.92 Å². The van der Waals surface area contributed by atoms with E-state index in [4.69, 9.17) is 11.6 Å². The van der Waals surface area contributed by atoms with Crippen molar-refractivity contribution in [2.24, 2.45) is 5.92 Å². The zero-order chi connectivity index (χ0) is 16.1. The zero-order valence-electron chi connectivity index (χ0n) is 13.3. The van der Waals surface area contributed by atoms with Crippen LogP contribution in [0.5, 0.6) is 0 Å². The summed E-state index contributed by atoms with van der Waals surface area (Å²) < 4.78 is 0. The van der Waals surface area contributed by atoms with Gasteiger partial charge in [0.15, 0.2) is 0 Å². The minimum absolute atomic E-state index is 0.0288. The van der Waals surface area contributed by atoms with E-state index in [-0.39, 0.29) is 11.8 Å². The zero-order valence-corrected chi connectivity index (χ0v) is 14.0. The molecule has 0 unspecified atom stereocenters. The average molecular weight is 316 g/mol. The van der Waals surface area contributed by atoms with Crippen LogP contribution < -0.4 is 5.32 Å². The third-order valence-corrected chi connectivity index (χ3v) is 3.84. The van der Waals surface area contributed by atoms with E-state index >= 15 is 0 Å². The van der Waals surface area contributed by atoms with Gasteiger partial charge in [0.2, 0.25) is 5.91 Å². The first kappa shape index (κ1) is 16.6. The van der Waals surface area contributed by atoms with Gasteiger partial charge in [-0.25, -0.2) is 0 Å². The van der Waals surface area contributed by atoms with Crippen molar-refractivity contribution in [2.75, 3.05) is 5.32 Å². The van der Waals surface area contributed by atoms with E-state index in [1.165, 1.54) is 5.56 Å². The molecular weight excluding hydrogens is 294 g/mol. The topological polar surface area (TPSA) is 29.1 Å². The Labute approximate surface area is 137 Å². The molecule has 2 nitrogen and oxygen atoms in total. The maximum absolute atomic E-state index is 12.3. The summed E-state index contributed by atoms with van der Waals surface area (Å²) in [7, 11) is 0.